The average Bonchev–Trinajstić information content (AvgIpc) is 2.82. The van der Waals surface area contributed by atoms with Gasteiger partial charge in [-0.3, -0.25) is 4.79 Å². The van der Waals surface area contributed by atoms with E-state index in [4.69, 9.17) is 0 Å². The molecule has 0 atom stereocenters. The molecule has 19 heavy (non-hydrogen) atoms. The number of pyridine rings is 1. The number of hydrogen-bond acceptors (Lipinski definition) is 3. The molecule has 0 spiro atoms. The van der Waals surface area contributed by atoms with Gasteiger partial charge in [0.1, 0.15) is 11.4 Å². The third-order valence-corrected chi connectivity index (χ3v) is 3.02. The lowest BCUT2D eigenvalue weighted by molar-refractivity contribution is 0.112. The Morgan fingerprint density at radius 3 is 2.79 bits per heavy atom. The van der Waals surface area contributed by atoms with Crippen LogP contribution in [0.15, 0.2) is 48.8 Å². The lowest BCUT2D eigenvalue weighted by Gasteiger charge is -2.00. The molecule has 4 heteroatoms. The lowest BCUT2D eigenvalue weighted by Crippen LogP contribution is -1.88. The van der Waals surface area contributed by atoms with Crippen LogP contribution in [0.25, 0.3) is 5.65 Å². The predicted molar refractivity (Wildman–Crippen MR) is 71.5 cm³/mol. The van der Waals surface area contributed by atoms with Crippen LogP contribution in [-0.2, 0) is 6.42 Å². The fraction of sp³-hybridized carbons (Fsp3) is 0.0667. The quantitative estimate of drug-likeness (QED) is 0.728. The standard InChI is InChI=1S/C15H12N2O2/c18-10-11-5-6-15-16-13(9-17(15)8-11)7-12-3-1-2-4-14(12)19/h1-6,8-10,19H,7H2. The van der Waals surface area contributed by atoms with Crippen LogP contribution in [0.3, 0.4) is 0 Å². The summed E-state index contributed by atoms with van der Waals surface area (Å²) in [7, 11) is 0. The van der Waals surface area contributed by atoms with Crippen LogP contribution in [0.1, 0.15) is 21.6 Å². The summed E-state index contributed by atoms with van der Waals surface area (Å²) in [6.45, 7) is 0. The van der Waals surface area contributed by atoms with Crippen molar-refractivity contribution in [2.45, 2.75) is 6.42 Å². The van der Waals surface area contributed by atoms with E-state index >= 15 is 0 Å². The summed E-state index contributed by atoms with van der Waals surface area (Å²) in [6.07, 6.45) is 4.98. The Bertz CT molecular complexity index is 747. The molecule has 0 aliphatic heterocycles. The molecule has 94 valence electrons. The second-order valence-corrected chi connectivity index (χ2v) is 4.38. The van der Waals surface area contributed by atoms with Gasteiger partial charge >= 0.3 is 0 Å². The number of para-hydroxylation sites is 1. The SMILES string of the molecule is O=Cc1ccc2nc(Cc3ccccc3O)cn2c1. The molecule has 2 aromatic heterocycles. The van der Waals surface area contributed by atoms with Crippen LogP contribution in [0.5, 0.6) is 5.75 Å². The fourth-order valence-corrected chi connectivity index (χ4v) is 2.07. The molecule has 0 fully saturated rings. The summed E-state index contributed by atoms with van der Waals surface area (Å²) in [4.78, 5) is 15.2. The number of nitrogens with zero attached hydrogens (tertiary/aromatic N) is 2. The highest BCUT2D eigenvalue weighted by atomic mass is 16.3. The highest BCUT2D eigenvalue weighted by Crippen LogP contribution is 2.19. The van der Waals surface area contributed by atoms with Gasteiger partial charge in [0.15, 0.2) is 6.29 Å². The van der Waals surface area contributed by atoms with Gasteiger partial charge in [0.05, 0.1) is 5.69 Å². The highest BCUT2D eigenvalue weighted by molar-refractivity contribution is 5.74. The number of benzene rings is 1. The van der Waals surface area contributed by atoms with E-state index < -0.39 is 0 Å². The summed E-state index contributed by atoms with van der Waals surface area (Å²) in [5.74, 6) is 0.271. The number of phenolic OH excluding ortho intramolecular Hbond substituents is 1. The van der Waals surface area contributed by atoms with Crippen LogP contribution >= 0.6 is 0 Å². The predicted octanol–water partition coefficient (Wildman–Crippen LogP) is 2.44. The molecule has 3 rings (SSSR count). The molecule has 0 bridgehead atoms. The molecule has 2 heterocycles. The topological polar surface area (TPSA) is 54.6 Å². The number of hydrogen-bond donors (Lipinski definition) is 1. The van der Waals surface area contributed by atoms with Crippen molar-refractivity contribution < 1.29 is 9.90 Å². The maximum atomic E-state index is 10.7. The van der Waals surface area contributed by atoms with Crippen molar-refractivity contribution in [3.8, 4) is 5.75 Å². The van der Waals surface area contributed by atoms with Gasteiger partial charge in [-0.05, 0) is 23.8 Å². The zero-order valence-corrected chi connectivity index (χ0v) is 10.2. The molecule has 0 amide bonds. The van der Waals surface area contributed by atoms with E-state index in [1.54, 1.807) is 30.5 Å². The molecule has 1 aromatic carbocycles. The van der Waals surface area contributed by atoms with Crippen LogP contribution in [-0.4, -0.2) is 20.8 Å². The summed E-state index contributed by atoms with van der Waals surface area (Å²) in [6, 6.07) is 10.7. The van der Waals surface area contributed by atoms with Gasteiger partial charge in [-0.15, -0.1) is 0 Å². The summed E-state index contributed by atoms with van der Waals surface area (Å²) in [5.41, 5.74) is 3.08. The largest absolute Gasteiger partial charge is 0.508 e. The molecular weight excluding hydrogens is 240 g/mol. The van der Waals surface area contributed by atoms with Gasteiger partial charge in [0.2, 0.25) is 0 Å². The van der Waals surface area contributed by atoms with Gasteiger partial charge < -0.3 is 9.51 Å². The normalized spacial score (nSPS) is 10.7. The van der Waals surface area contributed by atoms with E-state index in [9.17, 15) is 9.90 Å². The van der Waals surface area contributed by atoms with Crippen molar-refractivity contribution in [3.63, 3.8) is 0 Å². The Hall–Kier alpha value is -2.62. The minimum Gasteiger partial charge on any atom is -0.508 e. The molecule has 1 N–H and O–H groups in total. The van der Waals surface area contributed by atoms with E-state index in [1.165, 1.54) is 0 Å². The molecule has 3 aromatic rings. The molecule has 0 saturated heterocycles. The van der Waals surface area contributed by atoms with E-state index in [1.807, 2.05) is 22.7 Å². The Morgan fingerprint density at radius 1 is 1.16 bits per heavy atom. The number of imidazole rings is 1. The molecular formula is C15H12N2O2. The first-order valence-corrected chi connectivity index (χ1v) is 5.96. The fourth-order valence-electron chi connectivity index (χ4n) is 2.07. The monoisotopic (exact) mass is 252 g/mol. The van der Waals surface area contributed by atoms with Crippen LogP contribution in [0, 0.1) is 0 Å². The Morgan fingerprint density at radius 2 is 2.00 bits per heavy atom. The van der Waals surface area contributed by atoms with E-state index in [-0.39, 0.29) is 5.75 Å². The number of aldehydes is 1. The molecule has 0 aliphatic rings. The Kier molecular flexibility index (Phi) is 2.76. The molecule has 0 radical (unpaired) electrons. The second-order valence-electron chi connectivity index (χ2n) is 4.38. The van der Waals surface area contributed by atoms with Gasteiger partial charge in [0.25, 0.3) is 0 Å². The number of carbonyl (C=O) groups excluding carboxylic acids is 1. The lowest BCUT2D eigenvalue weighted by atomic mass is 10.1. The van der Waals surface area contributed by atoms with E-state index in [0.717, 1.165) is 23.2 Å². The van der Waals surface area contributed by atoms with Gasteiger partial charge in [0, 0.05) is 24.4 Å². The minimum absolute atomic E-state index is 0.271. The first-order chi connectivity index (χ1) is 9.26. The summed E-state index contributed by atoms with van der Waals surface area (Å²) >= 11 is 0. The van der Waals surface area contributed by atoms with Gasteiger partial charge in [-0.25, -0.2) is 4.98 Å². The van der Waals surface area contributed by atoms with E-state index in [0.29, 0.717) is 12.0 Å². The Balaban J connectivity index is 1.98. The first-order valence-electron chi connectivity index (χ1n) is 5.96. The number of phenols is 1. The number of fused-ring (bicyclic) bond motifs is 1. The van der Waals surface area contributed by atoms with Crippen molar-refractivity contribution >= 4 is 11.9 Å². The maximum Gasteiger partial charge on any atom is 0.151 e. The van der Waals surface area contributed by atoms with Crippen LogP contribution in [0.2, 0.25) is 0 Å². The van der Waals surface area contributed by atoms with Gasteiger partial charge in [-0.1, -0.05) is 18.2 Å². The zero-order chi connectivity index (χ0) is 13.2. The average molecular weight is 252 g/mol. The summed E-state index contributed by atoms with van der Waals surface area (Å²) in [5, 5.41) is 9.75. The maximum absolute atomic E-state index is 10.7. The number of aromatic hydroxyl groups is 1. The molecule has 0 aliphatic carbocycles. The van der Waals surface area contributed by atoms with E-state index in [2.05, 4.69) is 4.98 Å². The number of carbonyl (C=O) groups is 1. The summed E-state index contributed by atoms with van der Waals surface area (Å²) < 4.78 is 1.82. The highest BCUT2D eigenvalue weighted by Gasteiger charge is 2.06. The Labute approximate surface area is 110 Å². The molecule has 0 saturated carbocycles. The van der Waals surface area contributed by atoms with Crippen LogP contribution in [0.4, 0.5) is 0 Å². The zero-order valence-electron chi connectivity index (χ0n) is 10.2. The molecule has 4 nitrogen and oxygen atoms in total. The molecule has 0 unspecified atom stereocenters. The third kappa shape index (κ3) is 2.20. The van der Waals surface area contributed by atoms with Crippen molar-refractivity contribution in [1.82, 2.24) is 9.38 Å². The first kappa shape index (κ1) is 11.5. The third-order valence-electron chi connectivity index (χ3n) is 3.02. The smallest absolute Gasteiger partial charge is 0.151 e. The number of rotatable bonds is 3. The van der Waals surface area contributed by atoms with Crippen molar-refractivity contribution in [3.05, 3.63) is 65.6 Å². The number of aromatic nitrogens is 2. The second kappa shape index (κ2) is 4.57. The van der Waals surface area contributed by atoms with Gasteiger partial charge in [-0.2, -0.15) is 0 Å². The van der Waals surface area contributed by atoms with Crippen molar-refractivity contribution in [1.29, 1.82) is 0 Å². The van der Waals surface area contributed by atoms with Crippen molar-refractivity contribution in [2.75, 3.05) is 0 Å². The van der Waals surface area contributed by atoms with Crippen molar-refractivity contribution in [2.24, 2.45) is 0 Å². The van der Waals surface area contributed by atoms with Crippen LogP contribution < -0.4 is 0 Å². The minimum atomic E-state index is 0.271.